The highest BCUT2D eigenvalue weighted by Crippen LogP contribution is 2.27. The van der Waals surface area contributed by atoms with Crippen molar-refractivity contribution in [1.29, 1.82) is 5.26 Å². The van der Waals surface area contributed by atoms with E-state index < -0.39 is 0 Å². The fourth-order valence-electron chi connectivity index (χ4n) is 1.96. The number of rotatable bonds is 3. The maximum absolute atomic E-state index is 8.87. The minimum atomic E-state index is 0.652. The van der Waals surface area contributed by atoms with Crippen LogP contribution in [0.25, 0.3) is 11.2 Å². The van der Waals surface area contributed by atoms with Crippen LogP contribution >= 0.6 is 27.7 Å². The number of nitriles is 1. The van der Waals surface area contributed by atoms with Crippen LogP contribution in [-0.2, 0) is 5.75 Å². The number of nitrogens with one attached hydrogen (secondary N) is 1. The molecule has 0 saturated heterocycles. The first-order valence-corrected chi connectivity index (χ1v) is 8.08. The number of nitrogens with zero attached hydrogens (tertiary/aromatic N) is 3. The number of halogens is 1. The summed E-state index contributed by atoms with van der Waals surface area (Å²) in [6.45, 7) is 2.04. The average molecular weight is 359 g/mol. The van der Waals surface area contributed by atoms with Gasteiger partial charge in [0, 0.05) is 16.4 Å². The van der Waals surface area contributed by atoms with E-state index in [-0.39, 0.29) is 0 Å². The first-order valence-electron chi connectivity index (χ1n) is 6.30. The molecular weight excluding hydrogens is 348 g/mol. The van der Waals surface area contributed by atoms with Crippen molar-refractivity contribution >= 4 is 38.9 Å². The fourth-order valence-corrected chi connectivity index (χ4v) is 3.54. The second-order valence-electron chi connectivity index (χ2n) is 4.58. The van der Waals surface area contributed by atoms with Gasteiger partial charge in [-0.25, -0.2) is 9.97 Å². The summed E-state index contributed by atoms with van der Waals surface area (Å²) in [5.74, 6) is 0.769. The number of imidazole rings is 1. The van der Waals surface area contributed by atoms with Crippen molar-refractivity contribution in [3.63, 3.8) is 0 Å². The third kappa shape index (κ3) is 2.94. The van der Waals surface area contributed by atoms with Gasteiger partial charge in [0.15, 0.2) is 10.8 Å². The predicted octanol–water partition coefficient (Wildman–Crippen LogP) is 4.19. The summed E-state index contributed by atoms with van der Waals surface area (Å²) in [5.41, 5.74) is 4.65. The van der Waals surface area contributed by atoms with Crippen LogP contribution in [0, 0.1) is 18.3 Å². The van der Waals surface area contributed by atoms with Gasteiger partial charge in [-0.2, -0.15) is 5.26 Å². The van der Waals surface area contributed by atoms with E-state index >= 15 is 0 Å². The molecule has 0 aliphatic carbocycles. The molecule has 0 radical (unpaired) electrons. The van der Waals surface area contributed by atoms with E-state index in [1.807, 2.05) is 31.2 Å². The van der Waals surface area contributed by atoms with Gasteiger partial charge in [-0.1, -0.05) is 33.8 Å². The number of benzene rings is 1. The van der Waals surface area contributed by atoms with Crippen LogP contribution in [0.3, 0.4) is 0 Å². The second-order valence-corrected chi connectivity index (χ2v) is 6.39. The van der Waals surface area contributed by atoms with Crippen molar-refractivity contribution in [1.82, 2.24) is 15.0 Å². The molecule has 21 heavy (non-hydrogen) atoms. The van der Waals surface area contributed by atoms with E-state index in [0.717, 1.165) is 37.7 Å². The smallest absolute Gasteiger partial charge is 0.178 e. The Labute approximate surface area is 134 Å². The van der Waals surface area contributed by atoms with E-state index in [9.17, 15) is 0 Å². The third-order valence-corrected chi connectivity index (χ3v) is 4.79. The maximum Gasteiger partial charge on any atom is 0.178 e. The van der Waals surface area contributed by atoms with Gasteiger partial charge in [0.25, 0.3) is 0 Å². The highest BCUT2D eigenvalue weighted by molar-refractivity contribution is 9.10. The molecule has 2 aromatic heterocycles. The zero-order valence-electron chi connectivity index (χ0n) is 11.2. The Morgan fingerprint density at radius 2 is 2.24 bits per heavy atom. The lowest BCUT2D eigenvalue weighted by molar-refractivity contribution is 1.07. The van der Waals surface area contributed by atoms with E-state index in [1.165, 1.54) is 0 Å². The maximum atomic E-state index is 8.87. The largest absolute Gasteiger partial charge is 0.331 e. The Morgan fingerprint density at radius 3 is 2.95 bits per heavy atom. The summed E-state index contributed by atoms with van der Waals surface area (Å²) in [6, 6.07) is 9.71. The standard InChI is InChI=1S/C15H11BrN4S/c1-9-4-5-18-14-13(9)19-15(20-14)21-8-11-3-2-10(7-17)6-12(11)16/h2-6H,8H2,1H3,(H,18,19,20). The Balaban J connectivity index is 1.80. The van der Waals surface area contributed by atoms with Gasteiger partial charge in [0.05, 0.1) is 17.1 Å². The number of H-pyrrole nitrogens is 1. The molecular formula is C15H11BrN4S. The molecule has 3 rings (SSSR count). The summed E-state index contributed by atoms with van der Waals surface area (Å²) in [7, 11) is 0. The third-order valence-electron chi connectivity index (χ3n) is 3.13. The number of aromatic nitrogens is 3. The Morgan fingerprint density at radius 1 is 1.38 bits per heavy atom. The van der Waals surface area contributed by atoms with Crippen LogP contribution in [0.2, 0.25) is 0 Å². The van der Waals surface area contributed by atoms with Crippen molar-refractivity contribution < 1.29 is 0 Å². The lowest BCUT2D eigenvalue weighted by Gasteiger charge is -2.03. The number of thioether (sulfide) groups is 1. The molecule has 0 saturated carbocycles. The minimum Gasteiger partial charge on any atom is -0.331 e. The van der Waals surface area contributed by atoms with Crippen molar-refractivity contribution in [3.8, 4) is 6.07 Å². The molecule has 104 valence electrons. The van der Waals surface area contributed by atoms with Crippen LogP contribution in [0.15, 0.2) is 40.1 Å². The summed E-state index contributed by atoms with van der Waals surface area (Å²) in [6.07, 6.45) is 1.77. The molecule has 0 bridgehead atoms. The number of hydrogen-bond donors (Lipinski definition) is 1. The van der Waals surface area contributed by atoms with Crippen LogP contribution < -0.4 is 0 Å². The molecule has 0 spiro atoms. The topological polar surface area (TPSA) is 65.4 Å². The van der Waals surface area contributed by atoms with Crippen LogP contribution in [0.1, 0.15) is 16.7 Å². The first-order chi connectivity index (χ1) is 10.2. The van der Waals surface area contributed by atoms with Crippen molar-refractivity contribution in [2.75, 3.05) is 0 Å². The molecule has 3 aromatic rings. The lowest BCUT2D eigenvalue weighted by atomic mass is 10.2. The van der Waals surface area contributed by atoms with Gasteiger partial charge >= 0.3 is 0 Å². The molecule has 0 aliphatic heterocycles. The molecule has 0 aliphatic rings. The molecule has 4 nitrogen and oxygen atoms in total. The Kier molecular flexibility index (Phi) is 3.95. The van der Waals surface area contributed by atoms with E-state index in [2.05, 4.69) is 37.0 Å². The molecule has 0 unspecified atom stereocenters. The molecule has 0 fully saturated rings. The number of pyridine rings is 1. The predicted molar refractivity (Wildman–Crippen MR) is 87.0 cm³/mol. The summed E-state index contributed by atoms with van der Waals surface area (Å²) in [5, 5.41) is 9.72. The normalized spacial score (nSPS) is 10.7. The molecule has 0 amide bonds. The number of aromatic amines is 1. The molecule has 1 aromatic carbocycles. The van der Waals surface area contributed by atoms with Crippen LogP contribution in [0.4, 0.5) is 0 Å². The van der Waals surface area contributed by atoms with Gasteiger partial charge in [-0.05, 0) is 36.2 Å². The monoisotopic (exact) mass is 358 g/mol. The summed E-state index contributed by atoms with van der Waals surface area (Å²) >= 11 is 5.12. The van der Waals surface area contributed by atoms with E-state index in [1.54, 1.807) is 18.0 Å². The molecule has 6 heteroatoms. The van der Waals surface area contributed by atoms with Gasteiger partial charge in [0.2, 0.25) is 0 Å². The van der Waals surface area contributed by atoms with Crippen LogP contribution in [-0.4, -0.2) is 15.0 Å². The highest BCUT2D eigenvalue weighted by Gasteiger charge is 2.08. The lowest BCUT2D eigenvalue weighted by Crippen LogP contribution is -1.85. The summed E-state index contributed by atoms with van der Waals surface area (Å²) in [4.78, 5) is 12.0. The van der Waals surface area contributed by atoms with Crippen molar-refractivity contribution in [3.05, 3.63) is 51.6 Å². The highest BCUT2D eigenvalue weighted by atomic mass is 79.9. The summed E-state index contributed by atoms with van der Waals surface area (Å²) < 4.78 is 0.944. The minimum absolute atomic E-state index is 0.652. The fraction of sp³-hybridized carbons (Fsp3) is 0.133. The average Bonchev–Trinajstić information content (AvgIpc) is 2.90. The van der Waals surface area contributed by atoms with Gasteiger partial charge in [0.1, 0.15) is 0 Å². The molecule has 2 heterocycles. The van der Waals surface area contributed by atoms with Gasteiger partial charge < -0.3 is 4.98 Å². The second kappa shape index (κ2) is 5.88. The van der Waals surface area contributed by atoms with E-state index in [4.69, 9.17) is 5.26 Å². The Bertz CT molecular complexity index is 850. The zero-order chi connectivity index (χ0) is 14.8. The number of hydrogen-bond acceptors (Lipinski definition) is 4. The first kappa shape index (κ1) is 14.1. The number of fused-ring (bicyclic) bond motifs is 1. The van der Waals surface area contributed by atoms with E-state index in [0.29, 0.717) is 5.56 Å². The zero-order valence-corrected chi connectivity index (χ0v) is 13.6. The SMILES string of the molecule is Cc1ccnc2nc(SCc3ccc(C#N)cc3Br)[nH]c12. The quantitative estimate of drug-likeness (QED) is 0.712. The van der Waals surface area contributed by atoms with Crippen LogP contribution in [0.5, 0.6) is 0 Å². The molecule has 1 N–H and O–H groups in total. The number of aryl methyl sites for hydroxylation is 1. The molecule has 0 atom stereocenters. The van der Waals surface area contributed by atoms with Gasteiger partial charge in [-0.3, -0.25) is 0 Å². The van der Waals surface area contributed by atoms with Crippen molar-refractivity contribution in [2.24, 2.45) is 0 Å². The van der Waals surface area contributed by atoms with Crippen molar-refractivity contribution in [2.45, 2.75) is 17.8 Å². The van der Waals surface area contributed by atoms with Gasteiger partial charge in [-0.15, -0.1) is 0 Å². The Hall–Kier alpha value is -1.84.